The molecule has 18 heavy (non-hydrogen) atoms. The van der Waals surface area contributed by atoms with Gasteiger partial charge in [0.1, 0.15) is 0 Å². The second kappa shape index (κ2) is 7.34. The Labute approximate surface area is 107 Å². The van der Waals surface area contributed by atoms with Gasteiger partial charge in [0.25, 0.3) is 0 Å². The van der Waals surface area contributed by atoms with Crippen molar-refractivity contribution in [2.45, 2.75) is 25.7 Å². The van der Waals surface area contributed by atoms with Crippen LogP contribution in [0.2, 0.25) is 0 Å². The van der Waals surface area contributed by atoms with E-state index in [0.29, 0.717) is 6.42 Å². The van der Waals surface area contributed by atoms with E-state index in [1.54, 1.807) is 0 Å². The number of aryl methyl sites for hydroxylation is 1. The van der Waals surface area contributed by atoms with Crippen LogP contribution in [0.25, 0.3) is 0 Å². The van der Waals surface area contributed by atoms with Crippen LogP contribution in [-0.2, 0) is 15.8 Å². The number of unbranched alkanes of at least 4 members (excludes halogenated alkanes) is 1. The topological polar surface area (TPSA) is 74.6 Å². The van der Waals surface area contributed by atoms with Gasteiger partial charge in [-0.25, -0.2) is 0 Å². The molecule has 5 heteroatoms. The number of hydrogen-bond acceptors (Lipinski definition) is 2. The molecule has 0 saturated carbocycles. The fraction of sp³-hybridized carbons (Fsp3) is 0.462. The van der Waals surface area contributed by atoms with Crippen molar-refractivity contribution < 1.29 is 19.4 Å². The van der Waals surface area contributed by atoms with Crippen molar-refractivity contribution in [3.8, 4) is 0 Å². The minimum atomic E-state index is -3.25. The zero-order valence-electron chi connectivity index (χ0n) is 10.3. The molecule has 0 aliphatic heterocycles. The summed E-state index contributed by atoms with van der Waals surface area (Å²) in [6.07, 6.45) is 2.26. The minimum Gasteiger partial charge on any atom is -0.481 e. The molecule has 1 aromatic rings. The van der Waals surface area contributed by atoms with E-state index in [1.165, 1.54) is 5.56 Å². The number of carbonyl (C=O) groups is 1. The first kappa shape index (κ1) is 14.9. The second-order valence-corrected chi connectivity index (χ2v) is 6.97. The minimum absolute atomic E-state index is 0.117. The molecule has 1 unspecified atom stereocenters. The summed E-state index contributed by atoms with van der Waals surface area (Å²) in [6.45, 7) is 0. The predicted molar refractivity (Wildman–Crippen MR) is 71.2 cm³/mol. The third-order valence-electron chi connectivity index (χ3n) is 2.74. The van der Waals surface area contributed by atoms with Gasteiger partial charge in [-0.2, -0.15) is 0 Å². The molecule has 4 nitrogen and oxygen atoms in total. The summed E-state index contributed by atoms with van der Waals surface area (Å²) in [7, 11) is -3.25. The quantitative estimate of drug-likeness (QED) is 0.562. The van der Waals surface area contributed by atoms with E-state index in [4.69, 9.17) is 5.11 Å². The summed E-state index contributed by atoms with van der Waals surface area (Å²) in [5.41, 5.74) is 1.22. The maximum absolute atomic E-state index is 11.6. The van der Waals surface area contributed by atoms with Crippen molar-refractivity contribution in [3.63, 3.8) is 0 Å². The van der Waals surface area contributed by atoms with Crippen LogP contribution < -0.4 is 0 Å². The summed E-state index contributed by atoms with van der Waals surface area (Å²) in [5, 5.41) is 8.46. The molecule has 0 fully saturated rings. The molecule has 2 N–H and O–H groups in total. The predicted octanol–water partition coefficient (Wildman–Crippen LogP) is 2.75. The lowest BCUT2D eigenvalue weighted by Crippen LogP contribution is -2.02. The van der Waals surface area contributed by atoms with E-state index in [1.807, 2.05) is 30.3 Å². The first-order chi connectivity index (χ1) is 8.49. The van der Waals surface area contributed by atoms with Crippen molar-refractivity contribution in [1.82, 2.24) is 0 Å². The molecular formula is C13H19O4P. The van der Waals surface area contributed by atoms with Crippen LogP contribution in [0.4, 0.5) is 0 Å². The van der Waals surface area contributed by atoms with Gasteiger partial charge in [-0.05, 0) is 24.8 Å². The third-order valence-corrected chi connectivity index (χ3v) is 4.68. The first-order valence-electron chi connectivity index (χ1n) is 6.06. The first-order valence-corrected chi connectivity index (χ1v) is 8.09. The summed E-state index contributed by atoms with van der Waals surface area (Å²) in [5.74, 6) is -1.02. The molecule has 100 valence electrons. The highest BCUT2D eigenvalue weighted by Gasteiger charge is 2.18. The average molecular weight is 270 g/mol. The van der Waals surface area contributed by atoms with Crippen molar-refractivity contribution in [1.29, 1.82) is 0 Å². The number of aliphatic carboxylic acids is 1. The van der Waals surface area contributed by atoms with Crippen LogP contribution >= 0.6 is 7.37 Å². The Morgan fingerprint density at radius 1 is 1.11 bits per heavy atom. The van der Waals surface area contributed by atoms with Crippen molar-refractivity contribution in [2.75, 3.05) is 12.3 Å². The molecule has 1 rings (SSSR count). The van der Waals surface area contributed by atoms with E-state index in [0.717, 1.165) is 12.8 Å². The Bertz CT molecular complexity index is 416. The molecule has 0 amide bonds. The lowest BCUT2D eigenvalue weighted by Gasteiger charge is -2.09. The van der Waals surface area contributed by atoms with Crippen molar-refractivity contribution in [2.24, 2.45) is 0 Å². The normalized spacial score (nSPS) is 14.1. The maximum atomic E-state index is 11.6. The molecule has 0 spiro atoms. The second-order valence-electron chi connectivity index (χ2n) is 4.38. The largest absolute Gasteiger partial charge is 0.481 e. The van der Waals surface area contributed by atoms with Gasteiger partial charge in [0.2, 0.25) is 7.37 Å². The fourth-order valence-electron chi connectivity index (χ4n) is 1.71. The van der Waals surface area contributed by atoms with Gasteiger partial charge < -0.3 is 10.00 Å². The SMILES string of the molecule is O=C(O)CCP(=O)(O)CCCCc1ccccc1. The van der Waals surface area contributed by atoms with Gasteiger partial charge >= 0.3 is 5.97 Å². The summed E-state index contributed by atoms with van der Waals surface area (Å²) >= 11 is 0. The van der Waals surface area contributed by atoms with Crippen LogP contribution in [0, 0.1) is 0 Å². The Hall–Kier alpha value is -1.12. The summed E-state index contributed by atoms with van der Waals surface area (Å²) in [6, 6.07) is 9.96. The third kappa shape index (κ3) is 6.58. The molecule has 0 aliphatic rings. The lowest BCUT2D eigenvalue weighted by atomic mass is 10.1. The monoisotopic (exact) mass is 270 g/mol. The van der Waals surface area contributed by atoms with Crippen LogP contribution in [0.3, 0.4) is 0 Å². The van der Waals surface area contributed by atoms with E-state index in [-0.39, 0.29) is 18.7 Å². The maximum Gasteiger partial charge on any atom is 0.303 e. The van der Waals surface area contributed by atoms with Crippen LogP contribution in [-0.4, -0.2) is 28.3 Å². The Kier molecular flexibility index (Phi) is 6.10. The van der Waals surface area contributed by atoms with Gasteiger partial charge in [0.05, 0.1) is 6.42 Å². The summed E-state index contributed by atoms with van der Waals surface area (Å²) < 4.78 is 11.6. The number of benzene rings is 1. The smallest absolute Gasteiger partial charge is 0.303 e. The average Bonchev–Trinajstić information content (AvgIpc) is 2.34. The van der Waals surface area contributed by atoms with E-state index in [9.17, 15) is 14.3 Å². The zero-order chi connectivity index (χ0) is 13.4. The van der Waals surface area contributed by atoms with Gasteiger partial charge in [-0.15, -0.1) is 0 Å². The van der Waals surface area contributed by atoms with E-state index in [2.05, 4.69) is 0 Å². The Morgan fingerprint density at radius 3 is 2.39 bits per heavy atom. The van der Waals surface area contributed by atoms with Gasteiger partial charge in [-0.1, -0.05) is 30.3 Å². The fourth-order valence-corrected chi connectivity index (χ4v) is 3.20. The highest BCUT2D eigenvalue weighted by Crippen LogP contribution is 2.42. The van der Waals surface area contributed by atoms with Crippen LogP contribution in [0.5, 0.6) is 0 Å². The number of carboxylic acid groups (broad SMARTS) is 1. The van der Waals surface area contributed by atoms with Crippen molar-refractivity contribution >= 4 is 13.3 Å². The molecule has 0 radical (unpaired) electrons. The zero-order valence-corrected chi connectivity index (χ0v) is 11.2. The number of carboxylic acids is 1. The number of rotatable bonds is 8. The van der Waals surface area contributed by atoms with Crippen LogP contribution in [0.15, 0.2) is 30.3 Å². The number of hydrogen-bond donors (Lipinski definition) is 2. The Morgan fingerprint density at radius 2 is 1.78 bits per heavy atom. The molecule has 0 aromatic heterocycles. The molecule has 0 bridgehead atoms. The molecule has 1 atom stereocenters. The standard InChI is InChI=1S/C13H19O4P/c14-13(15)9-11-18(16,17)10-5-4-8-12-6-2-1-3-7-12/h1-3,6-7H,4-5,8-11H2,(H,14,15)(H,16,17). The van der Waals surface area contributed by atoms with E-state index >= 15 is 0 Å². The Balaban J connectivity index is 2.21. The van der Waals surface area contributed by atoms with Crippen molar-refractivity contribution in [3.05, 3.63) is 35.9 Å². The highest BCUT2D eigenvalue weighted by atomic mass is 31.2. The molecule has 0 saturated heterocycles. The molecule has 0 aliphatic carbocycles. The highest BCUT2D eigenvalue weighted by molar-refractivity contribution is 7.58. The lowest BCUT2D eigenvalue weighted by molar-refractivity contribution is -0.136. The molecular weight excluding hydrogens is 251 g/mol. The molecule has 1 aromatic carbocycles. The van der Waals surface area contributed by atoms with E-state index < -0.39 is 13.3 Å². The van der Waals surface area contributed by atoms with Crippen LogP contribution in [0.1, 0.15) is 24.8 Å². The van der Waals surface area contributed by atoms with Gasteiger partial charge in [-0.3, -0.25) is 9.36 Å². The van der Waals surface area contributed by atoms with Gasteiger partial charge in [0, 0.05) is 12.3 Å². The van der Waals surface area contributed by atoms with Gasteiger partial charge in [0.15, 0.2) is 0 Å². The summed E-state index contributed by atoms with van der Waals surface area (Å²) in [4.78, 5) is 19.9. The molecule has 0 heterocycles.